The van der Waals surface area contributed by atoms with Crippen LogP contribution in [0.1, 0.15) is 43.6 Å². The van der Waals surface area contributed by atoms with Gasteiger partial charge in [0.05, 0.1) is 0 Å². The molecule has 1 aromatic carbocycles. The van der Waals surface area contributed by atoms with Crippen molar-refractivity contribution in [2.45, 2.75) is 33.1 Å². The van der Waals surface area contributed by atoms with Gasteiger partial charge in [0.15, 0.2) is 5.78 Å². The fourth-order valence-corrected chi connectivity index (χ4v) is 2.91. The lowest BCUT2D eigenvalue weighted by atomic mass is 9.68. The lowest BCUT2D eigenvalue weighted by Crippen LogP contribution is -2.36. The maximum Gasteiger partial charge on any atom is 0.347 e. The maximum atomic E-state index is 12.5. The van der Waals surface area contributed by atoms with Crippen LogP contribution in [0, 0.1) is 5.41 Å². The Hall–Kier alpha value is -1.90. The van der Waals surface area contributed by atoms with Gasteiger partial charge in [0.25, 0.3) is 0 Å². The van der Waals surface area contributed by atoms with Gasteiger partial charge in [-0.05, 0) is 11.6 Å². The minimum Gasteiger partial charge on any atom is -0.422 e. The van der Waals surface area contributed by atoms with Crippen molar-refractivity contribution >= 4 is 16.8 Å². The van der Waals surface area contributed by atoms with E-state index in [0.29, 0.717) is 5.58 Å². The first-order valence-corrected chi connectivity index (χ1v) is 6.39. The molecule has 1 aliphatic carbocycles. The first-order valence-electron chi connectivity index (χ1n) is 6.39. The normalized spacial score (nSPS) is 19.7. The van der Waals surface area contributed by atoms with E-state index in [1.54, 1.807) is 6.07 Å². The average Bonchev–Trinajstić information content (AvgIpc) is 2.48. The molecule has 0 radical (unpaired) electrons. The van der Waals surface area contributed by atoms with E-state index in [0.717, 1.165) is 10.9 Å². The second kappa shape index (κ2) is 3.35. The molecule has 0 unspecified atom stereocenters. The molecule has 19 heavy (non-hydrogen) atoms. The number of Topliss-reactive ketones (excluding diaryl/α,β-unsaturated/α-hetero) is 1. The van der Waals surface area contributed by atoms with Gasteiger partial charge in [-0.1, -0.05) is 45.9 Å². The largest absolute Gasteiger partial charge is 0.422 e. The Bertz CT molecular complexity index is 763. The minimum absolute atomic E-state index is 0.119. The Balaban J connectivity index is 2.58. The molecular formula is C16H16O3. The van der Waals surface area contributed by atoms with E-state index in [2.05, 4.69) is 0 Å². The van der Waals surface area contributed by atoms with Gasteiger partial charge >= 0.3 is 5.63 Å². The second-order valence-corrected chi connectivity index (χ2v) is 6.21. The van der Waals surface area contributed by atoms with E-state index in [-0.39, 0.29) is 11.3 Å². The third kappa shape index (κ3) is 1.28. The number of hydrogen-bond acceptors (Lipinski definition) is 3. The molecule has 3 rings (SSSR count). The van der Waals surface area contributed by atoms with Gasteiger partial charge in [0.1, 0.15) is 11.1 Å². The molecule has 3 nitrogen and oxygen atoms in total. The summed E-state index contributed by atoms with van der Waals surface area (Å²) in [7, 11) is 0. The zero-order chi connectivity index (χ0) is 14.0. The number of benzene rings is 1. The smallest absolute Gasteiger partial charge is 0.347 e. The minimum atomic E-state index is -0.603. The van der Waals surface area contributed by atoms with E-state index >= 15 is 0 Å². The quantitative estimate of drug-likeness (QED) is 0.679. The first kappa shape index (κ1) is 12.2. The predicted molar refractivity (Wildman–Crippen MR) is 73.6 cm³/mol. The zero-order valence-corrected chi connectivity index (χ0v) is 11.5. The summed E-state index contributed by atoms with van der Waals surface area (Å²) in [6, 6.07) is 7.40. The second-order valence-electron chi connectivity index (χ2n) is 6.21. The monoisotopic (exact) mass is 256 g/mol. The fraction of sp³-hybridized carbons (Fsp3) is 0.375. The van der Waals surface area contributed by atoms with Crippen molar-refractivity contribution < 1.29 is 9.21 Å². The van der Waals surface area contributed by atoms with Crippen LogP contribution in [0.4, 0.5) is 0 Å². The predicted octanol–water partition coefficient (Wildman–Crippen LogP) is 3.29. The maximum absolute atomic E-state index is 12.5. The lowest BCUT2D eigenvalue weighted by Gasteiger charge is -2.34. The number of fused-ring (bicyclic) bond motifs is 3. The fourth-order valence-electron chi connectivity index (χ4n) is 2.91. The van der Waals surface area contributed by atoms with Crippen molar-refractivity contribution in [1.82, 2.24) is 0 Å². The highest BCUT2D eigenvalue weighted by atomic mass is 16.4. The van der Waals surface area contributed by atoms with E-state index in [4.69, 9.17) is 4.42 Å². The molecule has 98 valence electrons. The summed E-state index contributed by atoms with van der Waals surface area (Å²) in [6.45, 7) is 7.82. The van der Waals surface area contributed by atoms with E-state index in [1.165, 1.54) is 0 Å². The van der Waals surface area contributed by atoms with Crippen molar-refractivity contribution in [1.29, 1.82) is 0 Å². The number of para-hydroxylation sites is 1. The number of ketones is 1. The van der Waals surface area contributed by atoms with Crippen LogP contribution in [0.2, 0.25) is 0 Å². The molecule has 1 aromatic heterocycles. The zero-order valence-electron chi connectivity index (χ0n) is 11.5. The van der Waals surface area contributed by atoms with Gasteiger partial charge in [-0.3, -0.25) is 4.79 Å². The Kier molecular flexibility index (Phi) is 2.14. The molecule has 0 saturated heterocycles. The summed E-state index contributed by atoms with van der Waals surface area (Å²) in [4.78, 5) is 24.7. The molecule has 0 aliphatic heterocycles. The van der Waals surface area contributed by atoms with Crippen LogP contribution >= 0.6 is 0 Å². The summed E-state index contributed by atoms with van der Waals surface area (Å²) >= 11 is 0. The Morgan fingerprint density at radius 2 is 1.58 bits per heavy atom. The van der Waals surface area contributed by atoms with Crippen LogP contribution in [0.3, 0.4) is 0 Å². The summed E-state index contributed by atoms with van der Waals surface area (Å²) in [5.41, 5.74) is 0.0912. The van der Waals surface area contributed by atoms with Gasteiger partial charge in [-0.25, -0.2) is 4.79 Å². The highest BCUT2D eigenvalue weighted by Gasteiger charge is 2.54. The SMILES string of the molecule is CC1(C)C(=O)c2c(c3ccccc3oc2=O)C1(C)C. The number of rotatable bonds is 0. The Labute approximate surface area is 111 Å². The molecule has 1 heterocycles. The number of hydrogen-bond donors (Lipinski definition) is 0. The van der Waals surface area contributed by atoms with Gasteiger partial charge in [0, 0.05) is 16.2 Å². The molecule has 0 fully saturated rings. The lowest BCUT2D eigenvalue weighted by molar-refractivity contribution is 0.0777. The third-order valence-corrected chi connectivity index (χ3v) is 4.80. The van der Waals surface area contributed by atoms with Gasteiger partial charge in [-0.15, -0.1) is 0 Å². The van der Waals surface area contributed by atoms with Crippen molar-refractivity contribution in [3.63, 3.8) is 0 Å². The van der Waals surface area contributed by atoms with Crippen LogP contribution in [0.25, 0.3) is 11.0 Å². The first-order chi connectivity index (χ1) is 8.78. The van der Waals surface area contributed by atoms with Crippen LogP contribution in [-0.4, -0.2) is 5.78 Å². The summed E-state index contributed by atoms with van der Waals surface area (Å²) < 4.78 is 5.29. The van der Waals surface area contributed by atoms with E-state index < -0.39 is 16.5 Å². The highest BCUT2D eigenvalue weighted by Crippen LogP contribution is 2.52. The van der Waals surface area contributed by atoms with Crippen LogP contribution in [0.5, 0.6) is 0 Å². The summed E-state index contributed by atoms with van der Waals surface area (Å²) in [5, 5.41) is 0.862. The highest BCUT2D eigenvalue weighted by molar-refractivity contribution is 6.09. The van der Waals surface area contributed by atoms with Crippen molar-refractivity contribution in [3.8, 4) is 0 Å². The number of carbonyl (C=O) groups excluding carboxylic acids is 1. The Morgan fingerprint density at radius 3 is 2.26 bits per heavy atom. The summed E-state index contributed by atoms with van der Waals surface area (Å²) in [5.74, 6) is -0.119. The van der Waals surface area contributed by atoms with Gasteiger partial charge in [0.2, 0.25) is 0 Å². The molecule has 1 aliphatic rings. The van der Waals surface area contributed by atoms with Crippen molar-refractivity contribution in [2.75, 3.05) is 0 Å². The molecule has 0 bridgehead atoms. The molecule has 0 spiro atoms. The standard InChI is InChI=1S/C16H16O3/c1-15(2)12-9-7-5-6-8-10(9)19-14(18)11(12)13(17)16(15,3)4/h5-8H,1-4H3. The molecule has 3 heteroatoms. The van der Waals surface area contributed by atoms with Crippen LogP contribution in [0.15, 0.2) is 33.5 Å². The topological polar surface area (TPSA) is 47.3 Å². The molecular weight excluding hydrogens is 240 g/mol. The van der Waals surface area contributed by atoms with E-state index in [1.807, 2.05) is 45.9 Å². The molecule has 0 amide bonds. The van der Waals surface area contributed by atoms with E-state index in [9.17, 15) is 9.59 Å². The van der Waals surface area contributed by atoms with Gasteiger partial charge in [-0.2, -0.15) is 0 Å². The molecule has 0 atom stereocenters. The van der Waals surface area contributed by atoms with Gasteiger partial charge < -0.3 is 4.42 Å². The number of carbonyl (C=O) groups is 1. The molecule has 0 saturated carbocycles. The third-order valence-electron chi connectivity index (χ3n) is 4.80. The molecule has 2 aromatic rings. The summed E-state index contributed by atoms with van der Waals surface area (Å²) in [6.07, 6.45) is 0. The van der Waals surface area contributed by atoms with Crippen LogP contribution in [-0.2, 0) is 5.41 Å². The average molecular weight is 256 g/mol. The molecule has 0 N–H and O–H groups in total. The van der Waals surface area contributed by atoms with Crippen molar-refractivity contribution in [2.24, 2.45) is 5.41 Å². The van der Waals surface area contributed by atoms with Crippen molar-refractivity contribution in [3.05, 3.63) is 45.8 Å². The Morgan fingerprint density at radius 1 is 0.947 bits per heavy atom. The van der Waals surface area contributed by atoms with Crippen LogP contribution < -0.4 is 5.63 Å².